The molecule has 2 aromatic carbocycles. The van der Waals surface area contributed by atoms with E-state index in [1.54, 1.807) is 43.3 Å². The van der Waals surface area contributed by atoms with Crippen molar-refractivity contribution < 1.29 is 24.2 Å². The summed E-state index contributed by atoms with van der Waals surface area (Å²) in [5.41, 5.74) is 3.07. The van der Waals surface area contributed by atoms with E-state index in [4.69, 9.17) is 10.00 Å². The number of aliphatic carboxylic acids is 1. The van der Waals surface area contributed by atoms with Gasteiger partial charge in [-0.1, -0.05) is 37.1 Å². The normalized spacial score (nSPS) is 14.9. The second-order valence-electron chi connectivity index (χ2n) is 10.3. The highest BCUT2D eigenvalue weighted by molar-refractivity contribution is 6.00. The Morgan fingerprint density at radius 2 is 1.93 bits per heavy atom. The molecule has 1 aromatic heterocycles. The molecule has 0 saturated heterocycles. The molecular weight excluding hydrogens is 508 g/mol. The minimum Gasteiger partial charge on any atom is -0.481 e. The van der Waals surface area contributed by atoms with Crippen molar-refractivity contribution in [2.75, 3.05) is 18.5 Å². The van der Waals surface area contributed by atoms with Crippen LogP contribution in [0.5, 0.6) is 0 Å². The third-order valence-corrected chi connectivity index (χ3v) is 7.57. The number of nitriles is 1. The Hall–Kier alpha value is -4.16. The molecule has 2 unspecified atom stereocenters. The van der Waals surface area contributed by atoms with E-state index in [0.29, 0.717) is 36.1 Å². The van der Waals surface area contributed by atoms with Crippen LogP contribution in [0, 0.1) is 18.3 Å². The predicted octanol–water partition coefficient (Wildman–Crippen LogP) is 5.31. The van der Waals surface area contributed by atoms with Gasteiger partial charge < -0.3 is 25.0 Å². The molecule has 210 valence electrons. The largest absolute Gasteiger partial charge is 0.481 e. The molecule has 1 saturated carbocycles. The summed E-state index contributed by atoms with van der Waals surface area (Å²) in [6.45, 7) is 4.61. The van der Waals surface area contributed by atoms with Crippen LogP contribution in [-0.4, -0.2) is 46.7 Å². The van der Waals surface area contributed by atoms with Crippen LogP contribution in [0.2, 0.25) is 0 Å². The molecule has 4 rings (SSSR count). The lowest BCUT2D eigenvalue weighted by molar-refractivity contribution is -0.139. The molecule has 3 aromatic rings. The molecule has 2 atom stereocenters. The number of rotatable bonds is 12. The van der Waals surface area contributed by atoms with Crippen LogP contribution >= 0.6 is 0 Å². The highest BCUT2D eigenvalue weighted by atomic mass is 16.5. The molecule has 9 heteroatoms. The van der Waals surface area contributed by atoms with Crippen molar-refractivity contribution >= 4 is 34.4 Å². The fourth-order valence-electron chi connectivity index (χ4n) is 5.33. The zero-order chi connectivity index (χ0) is 28.6. The van der Waals surface area contributed by atoms with Crippen LogP contribution < -0.4 is 10.6 Å². The van der Waals surface area contributed by atoms with Crippen molar-refractivity contribution in [2.45, 2.75) is 70.4 Å². The Morgan fingerprint density at radius 1 is 1.18 bits per heavy atom. The van der Waals surface area contributed by atoms with Gasteiger partial charge in [-0.25, -0.2) is 0 Å². The number of carbonyl (C=O) groups is 3. The highest BCUT2D eigenvalue weighted by Crippen LogP contribution is 2.30. The number of carbonyl (C=O) groups excluding carboxylic acids is 2. The maximum absolute atomic E-state index is 13.4. The highest BCUT2D eigenvalue weighted by Gasteiger charge is 2.25. The molecule has 40 heavy (non-hydrogen) atoms. The molecule has 1 aliphatic carbocycles. The van der Waals surface area contributed by atoms with Crippen molar-refractivity contribution in [3.8, 4) is 6.07 Å². The molecule has 0 aliphatic heterocycles. The van der Waals surface area contributed by atoms with Gasteiger partial charge in [-0.15, -0.1) is 0 Å². The van der Waals surface area contributed by atoms with E-state index in [1.807, 2.05) is 29.8 Å². The first-order valence-electron chi connectivity index (χ1n) is 13.8. The van der Waals surface area contributed by atoms with Crippen molar-refractivity contribution in [1.82, 2.24) is 9.88 Å². The third kappa shape index (κ3) is 6.69. The SMILES string of the molecule is Cc1cn(C(C)C(=O)Nc2ccccc2C(CCC#N)C(=O)O)c2cc(C(=O)NCCOC3CCCC3)ccc12. The van der Waals surface area contributed by atoms with Crippen molar-refractivity contribution in [2.24, 2.45) is 0 Å². The van der Waals surface area contributed by atoms with Crippen molar-refractivity contribution in [3.63, 3.8) is 0 Å². The van der Waals surface area contributed by atoms with Crippen LogP contribution in [0.15, 0.2) is 48.7 Å². The summed E-state index contributed by atoms with van der Waals surface area (Å²) >= 11 is 0. The van der Waals surface area contributed by atoms with E-state index < -0.39 is 17.9 Å². The topological polar surface area (TPSA) is 133 Å². The van der Waals surface area contributed by atoms with E-state index in [-0.39, 0.29) is 24.7 Å². The Morgan fingerprint density at radius 3 is 2.65 bits per heavy atom. The number of carboxylic acid groups (broad SMARTS) is 1. The number of hydrogen-bond acceptors (Lipinski definition) is 5. The number of para-hydroxylation sites is 1. The zero-order valence-corrected chi connectivity index (χ0v) is 23.0. The molecule has 9 nitrogen and oxygen atoms in total. The lowest BCUT2D eigenvalue weighted by Gasteiger charge is -2.20. The molecule has 1 aliphatic rings. The number of benzene rings is 2. The third-order valence-electron chi connectivity index (χ3n) is 7.57. The lowest BCUT2D eigenvalue weighted by Crippen LogP contribution is -2.28. The maximum Gasteiger partial charge on any atom is 0.311 e. The van der Waals surface area contributed by atoms with Gasteiger partial charge in [0.15, 0.2) is 0 Å². The molecule has 1 heterocycles. The second kappa shape index (κ2) is 13.3. The molecule has 1 fully saturated rings. The lowest BCUT2D eigenvalue weighted by atomic mass is 9.93. The van der Waals surface area contributed by atoms with Crippen LogP contribution in [0.25, 0.3) is 10.9 Å². The van der Waals surface area contributed by atoms with Crippen LogP contribution in [0.1, 0.15) is 78.9 Å². The molecule has 0 radical (unpaired) electrons. The summed E-state index contributed by atoms with van der Waals surface area (Å²) < 4.78 is 7.66. The summed E-state index contributed by atoms with van der Waals surface area (Å²) in [5.74, 6) is -2.49. The number of nitrogens with one attached hydrogen (secondary N) is 2. The molecule has 2 amide bonds. The monoisotopic (exact) mass is 544 g/mol. The van der Waals surface area contributed by atoms with Gasteiger partial charge in [-0.2, -0.15) is 5.26 Å². The number of aromatic nitrogens is 1. The van der Waals surface area contributed by atoms with Gasteiger partial charge >= 0.3 is 5.97 Å². The zero-order valence-electron chi connectivity index (χ0n) is 23.0. The fourth-order valence-corrected chi connectivity index (χ4v) is 5.33. The van der Waals surface area contributed by atoms with E-state index >= 15 is 0 Å². The van der Waals surface area contributed by atoms with Gasteiger partial charge in [-0.05, 0) is 62.4 Å². The molecule has 0 bridgehead atoms. The molecule has 0 spiro atoms. The smallest absolute Gasteiger partial charge is 0.311 e. The van der Waals surface area contributed by atoms with E-state index in [1.165, 1.54) is 12.8 Å². The van der Waals surface area contributed by atoms with Crippen LogP contribution in [0.3, 0.4) is 0 Å². The number of amides is 2. The quantitative estimate of drug-likeness (QED) is 0.265. The Labute approximate surface area is 234 Å². The number of aryl methyl sites for hydroxylation is 1. The second-order valence-corrected chi connectivity index (χ2v) is 10.3. The van der Waals surface area contributed by atoms with Gasteiger partial charge in [0.1, 0.15) is 6.04 Å². The Kier molecular flexibility index (Phi) is 9.56. The van der Waals surface area contributed by atoms with Gasteiger partial charge in [0.05, 0.1) is 24.7 Å². The van der Waals surface area contributed by atoms with Gasteiger partial charge in [-0.3, -0.25) is 14.4 Å². The number of carboxylic acids is 1. The fraction of sp³-hybridized carbons (Fsp3) is 0.419. The minimum atomic E-state index is -1.05. The first-order valence-corrected chi connectivity index (χ1v) is 13.8. The Bertz CT molecular complexity index is 1420. The number of ether oxygens (including phenoxy) is 1. The summed E-state index contributed by atoms with van der Waals surface area (Å²) in [5, 5.41) is 25.4. The van der Waals surface area contributed by atoms with Gasteiger partial charge in [0.2, 0.25) is 5.91 Å². The van der Waals surface area contributed by atoms with E-state index in [2.05, 4.69) is 10.6 Å². The first kappa shape index (κ1) is 28.8. The van der Waals surface area contributed by atoms with E-state index in [9.17, 15) is 19.5 Å². The average Bonchev–Trinajstić information content (AvgIpc) is 3.59. The number of fused-ring (bicyclic) bond motifs is 1. The number of anilines is 1. The number of hydrogen-bond donors (Lipinski definition) is 3. The van der Waals surface area contributed by atoms with Crippen LogP contribution in [-0.2, 0) is 14.3 Å². The van der Waals surface area contributed by atoms with Gasteiger partial charge in [0, 0.05) is 41.3 Å². The summed E-state index contributed by atoms with van der Waals surface area (Å²) in [7, 11) is 0. The van der Waals surface area contributed by atoms with Crippen molar-refractivity contribution in [1.29, 1.82) is 5.26 Å². The van der Waals surface area contributed by atoms with Crippen molar-refractivity contribution in [3.05, 3.63) is 65.4 Å². The molecular formula is C31H36N4O5. The Balaban J connectivity index is 1.49. The number of nitrogens with zero attached hydrogens (tertiary/aromatic N) is 2. The van der Waals surface area contributed by atoms with Gasteiger partial charge in [0.25, 0.3) is 5.91 Å². The first-order chi connectivity index (χ1) is 19.3. The summed E-state index contributed by atoms with van der Waals surface area (Å²) in [6.07, 6.45) is 6.98. The summed E-state index contributed by atoms with van der Waals surface area (Å²) in [4.78, 5) is 38.2. The molecule has 3 N–H and O–H groups in total. The average molecular weight is 545 g/mol. The van der Waals surface area contributed by atoms with E-state index in [0.717, 1.165) is 29.3 Å². The maximum atomic E-state index is 13.4. The van der Waals surface area contributed by atoms with Crippen LogP contribution in [0.4, 0.5) is 5.69 Å². The standard InChI is InChI=1S/C31H36N4O5/c1-20-19-35(21(2)29(36)34-27-12-6-5-10-25(27)26(31(38)39)11-7-15-32)28-18-22(13-14-24(20)28)30(37)33-16-17-40-23-8-3-4-9-23/h5-6,10,12-14,18-19,21,23,26H,3-4,7-9,11,16-17H2,1-2H3,(H,33,37)(H,34,36)(H,38,39). The predicted molar refractivity (Wildman–Crippen MR) is 152 cm³/mol. The summed E-state index contributed by atoms with van der Waals surface area (Å²) in [6, 6.07) is 13.6. The minimum absolute atomic E-state index is 0.0910.